The number of nitro benzene ring substituents is 1. The third-order valence-corrected chi connectivity index (χ3v) is 4.78. The molecule has 1 N–H and O–H groups in total. The molecule has 0 aliphatic heterocycles. The first kappa shape index (κ1) is 21.3. The van der Waals surface area contributed by atoms with Crippen LogP contribution in [0.25, 0.3) is 0 Å². The molecule has 0 spiro atoms. The maximum Gasteiger partial charge on any atom is 0.293 e. The molecule has 0 saturated carbocycles. The number of rotatable bonds is 8. The Morgan fingerprint density at radius 2 is 1.87 bits per heavy atom. The summed E-state index contributed by atoms with van der Waals surface area (Å²) in [6.07, 6.45) is 0. The Labute approximate surface area is 177 Å². The van der Waals surface area contributed by atoms with E-state index in [1.165, 1.54) is 12.1 Å². The molecule has 3 rings (SSSR count). The van der Waals surface area contributed by atoms with Crippen molar-refractivity contribution in [2.45, 2.75) is 32.6 Å². The summed E-state index contributed by atoms with van der Waals surface area (Å²) in [5.41, 5.74) is 2.90. The average Bonchev–Trinajstić information content (AvgIpc) is 3.13. The summed E-state index contributed by atoms with van der Waals surface area (Å²) < 4.78 is 11.1. The lowest BCUT2D eigenvalue weighted by Gasteiger charge is -2.06. The molecule has 1 aromatic heterocycles. The van der Waals surface area contributed by atoms with Crippen LogP contribution in [0.4, 0.5) is 11.4 Å². The first-order valence-corrected chi connectivity index (χ1v) is 10.00. The summed E-state index contributed by atoms with van der Waals surface area (Å²) >= 11 is 1.03. The molecule has 0 saturated heterocycles. The van der Waals surface area contributed by atoms with Gasteiger partial charge in [0.2, 0.25) is 5.91 Å². The van der Waals surface area contributed by atoms with E-state index in [1.54, 1.807) is 13.0 Å². The summed E-state index contributed by atoms with van der Waals surface area (Å²) in [7, 11) is 0. The summed E-state index contributed by atoms with van der Waals surface area (Å²) in [6.45, 7) is 5.82. The maximum atomic E-state index is 12.2. The van der Waals surface area contributed by atoms with E-state index in [9.17, 15) is 14.9 Å². The van der Waals surface area contributed by atoms with Gasteiger partial charge in [0.1, 0.15) is 11.4 Å². The van der Waals surface area contributed by atoms with Crippen LogP contribution in [0.5, 0.6) is 5.75 Å². The number of nitrogens with one attached hydrogen (secondary N) is 1. The van der Waals surface area contributed by atoms with E-state index in [0.717, 1.165) is 28.5 Å². The van der Waals surface area contributed by atoms with Crippen molar-refractivity contribution in [2.75, 3.05) is 11.1 Å². The van der Waals surface area contributed by atoms with Crippen molar-refractivity contribution in [3.05, 3.63) is 69.1 Å². The number of carbonyl (C=O) groups excluding carboxylic acids is 1. The fourth-order valence-electron chi connectivity index (χ4n) is 2.73. The third kappa shape index (κ3) is 5.80. The predicted molar refractivity (Wildman–Crippen MR) is 112 cm³/mol. The quantitative estimate of drug-likeness (QED) is 0.322. The van der Waals surface area contributed by atoms with Gasteiger partial charge in [0.15, 0.2) is 6.61 Å². The van der Waals surface area contributed by atoms with Crippen LogP contribution in [-0.2, 0) is 11.4 Å². The summed E-state index contributed by atoms with van der Waals surface area (Å²) in [5, 5.41) is 21.7. The van der Waals surface area contributed by atoms with E-state index in [1.807, 2.05) is 32.0 Å². The van der Waals surface area contributed by atoms with Crippen LogP contribution in [0, 0.1) is 30.9 Å². The standard InChI is InChI=1S/C20H20N4O5S/c1-12-4-5-16(17(9-12)24(26)27)21-18(25)11-30-20-23-22-19(29-20)10-28-15-7-13(2)6-14(3)8-15/h4-9H,10-11H2,1-3H3,(H,21,25). The third-order valence-electron chi connectivity index (χ3n) is 3.96. The second-order valence-electron chi connectivity index (χ2n) is 6.69. The minimum absolute atomic E-state index is 0.0371. The fourth-order valence-corrected chi connectivity index (χ4v) is 3.31. The van der Waals surface area contributed by atoms with Gasteiger partial charge in [0.05, 0.1) is 10.7 Å². The Morgan fingerprint density at radius 1 is 1.13 bits per heavy atom. The molecule has 0 aliphatic carbocycles. The van der Waals surface area contributed by atoms with E-state index in [0.29, 0.717) is 5.75 Å². The highest BCUT2D eigenvalue weighted by atomic mass is 32.2. The van der Waals surface area contributed by atoms with Crippen molar-refractivity contribution in [3.63, 3.8) is 0 Å². The number of nitrogens with zero attached hydrogens (tertiary/aromatic N) is 3. The first-order chi connectivity index (χ1) is 14.3. The van der Waals surface area contributed by atoms with Crippen molar-refractivity contribution in [1.82, 2.24) is 10.2 Å². The van der Waals surface area contributed by atoms with Gasteiger partial charge in [0.25, 0.3) is 16.8 Å². The van der Waals surface area contributed by atoms with Gasteiger partial charge < -0.3 is 14.5 Å². The van der Waals surface area contributed by atoms with Crippen molar-refractivity contribution >= 4 is 29.0 Å². The summed E-state index contributed by atoms with van der Waals surface area (Å²) in [5.74, 6) is 0.535. The van der Waals surface area contributed by atoms with E-state index >= 15 is 0 Å². The van der Waals surface area contributed by atoms with Crippen LogP contribution in [0.2, 0.25) is 0 Å². The highest BCUT2D eigenvalue weighted by Crippen LogP contribution is 2.26. The Kier molecular flexibility index (Phi) is 6.68. The van der Waals surface area contributed by atoms with Crippen LogP contribution in [0.3, 0.4) is 0 Å². The second-order valence-corrected chi connectivity index (χ2v) is 7.61. The zero-order valence-corrected chi connectivity index (χ0v) is 17.5. The monoisotopic (exact) mass is 428 g/mol. The van der Waals surface area contributed by atoms with Crippen LogP contribution >= 0.6 is 11.8 Å². The van der Waals surface area contributed by atoms with Gasteiger partial charge in [-0.05, 0) is 55.7 Å². The zero-order valence-electron chi connectivity index (χ0n) is 16.7. The van der Waals surface area contributed by atoms with Crippen LogP contribution < -0.4 is 10.1 Å². The van der Waals surface area contributed by atoms with Gasteiger partial charge in [-0.15, -0.1) is 10.2 Å². The van der Waals surface area contributed by atoms with Crippen LogP contribution in [0.15, 0.2) is 46.0 Å². The highest BCUT2D eigenvalue weighted by molar-refractivity contribution is 7.99. The number of anilines is 1. The van der Waals surface area contributed by atoms with Crippen molar-refractivity contribution in [3.8, 4) is 5.75 Å². The number of hydrogen-bond donors (Lipinski definition) is 1. The lowest BCUT2D eigenvalue weighted by atomic mass is 10.1. The molecule has 1 amide bonds. The van der Waals surface area contributed by atoms with Gasteiger partial charge in [-0.25, -0.2) is 0 Å². The summed E-state index contributed by atoms with van der Waals surface area (Å²) in [4.78, 5) is 22.8. The lowest BCUT2D eigenvalue weighted by molar-refractivity contribution is -0.384. The van der Waals surface area contributed by atoms with E-state index < -0.39 is 10.8 Å². The topological polar surface area (TPSA) is 120 Å². The Balaban J connectivity index is 1.53. The molecule has 0 fully saturated rings. The molecule has 0 radical (unpaired) electrons. The van der Waals surface area contributed by atoms with Crippen molar-refractivity contribution in [2.24, 2.45) is 0 Å². The molecule has 30 heavy (non-hydrogen) atoms. The molecule has 3 aromatic rings. The van der Waals surface area contributed by atoms with Gasteiger partial charge >= 0.3 is 0 Å². The largest absolute Gasteiger partial charge is 0.484 e. The molecular formula is C20H20N4O5S. The number of aryl methyl sites for hydroxylation is 3. The van der Waals surface area contributed by atoms with Gasteiger partial charge in [0, 0.05) is 6.07 Å². The first-order valence-electron chi connectivity index (χ1n) is 9.01. The number of carbonyl (C=O) groups is 1. The number of hydrogen-bond acceptors (Lipinski definition) is 8. The highest BCUT2D eigenvalue weighted by Gasteiger charge is 2.17. The number of aromatic nitrogens is 2. The maximum absolute atomic E-state index is 12.2. The van der Waals surface area contributed by atoms with E-state index in [2.05, 4.69) is 15.5 Å². The normalized spacial score (nSPS) is 10.6. The molecule has 10 heteroatoms. The van der Waals surface area contributed by atoms with Crippen LogP contribution in [0.1, 0.15) is 22.6 Å². The number of thioether (sulfide) groups is 1. The minimum atomic E-state index is -0.532. The fraction of sp³-hybridized carbons (Fsp3) is 0.250. The number of benzene rings is 2. The molecular weight excluding hydrogens is 408 g/mol. The summed E-state index contributed by atoms with van der Waals surface area (Å²) in [6, 6.07) is 10.5. The Morgan fingerprint density at radius 3 is 2.57 bits per heavy atom. The van der Waals surface area contributed by atoms with Gasteiger partial charge in [-0.2, -0.15) is 0 Å². The van der Waals surface area contributed by atoms with Gasteiger partial charge in [-0.1, -0.05) is 23.9 Å². The molecule has 0 bridgehead atoms. The molecule has 0 aliphatic rings. The van der Waals surface area contributed by atoms with Crippen molar-refractivity contribution in [1.29, 1.82) is 0 Å². The number of amides is 1. The number of ether oxygens (including phenoxy) is 1. The molecule has 1 heterocycles. The Hall–Kier alpha value is -3.40. The molecule has 0 atom stereocenters. The van der Waals surface area contributed by atoms with Gasteiger partial charge in [-0.3, -0.25) is 14.9 Å². The molecule has 156 valence electrons. The average molecular weight is 428 g/mol. The molecule has 2 aromatic carbocycles. The molecule has 9 nitrogen and oxygen atoms in total. The van der Waals surface area contributed by atoms with Crippen LogP contribution in [-0.4, -0.2) is 26.8 Å². The SMILES string of the molecule is Cc1cc(C)cc(OCc2nnc(SCC(=O)Nc3ccc(C)cc3[N+](=O)[O-])o2)c1. The van der Waals surface area contributed by atoms with E-state index in [-0.39, 0.29) is 34.8 Å². The zero-order chi connectivity index (χ0) is 21.7. The second kappa shape index (κ2) is 9.40. The predicted octanol–water partition coefficient (Wildman–Crippen LogP) is 4.21. The Bertz CT molecular complexity index is 1060. The number of nitro groups is 1. The van der Waals surface area contributed by atoms with E-state index in [4.69, 9.17) is 9.15 Å². The van der Waals surface area contributed by atoms with Crippen molar-refractivity contribution < 1.29 is 18.9 Å². The smallest absolute Gasteiger partial charge is 0.293 e. The lowest BCUT2D eigenvalue weighted by Crippen LogP contribution is -2.15. The molecule has 0 unspecified atom stereocenters. The minimum Gasteiger partial charge on any atom is -0.484 e.